The molecule has 3 aliphatic rings. The second-order valence-corrected chi connectivity index (χ2v) is 18.9. The summed E-state index contributed by atoms with van der Waals surface area (Å²) >= 11 is 0. The van der Waals surface area contributed by atoms with Crippen molar-refractivity contribution >= 4 is 31.8 Å². The molecule has 0 spiro atoms. The van der Waals surface area contributed by atoms with E-state index in [1.54, 1.807) is 0 Å². The molecule has 6 nitrogen and oxygen atoms in total. The summed E-state index contributed by atoms with van der Waals surface area (Å²) in [5, 5.41) is 6.21. The highest BCUT2D eigenvalue weighted by Crippen LogP contribution is 2.51. The van der Waals surface area contributed by atoms with Crippen molar-refractivity contribution in [2.75, 3.05) is 13.2 Å². The van der Waals surface area contributed by atoms with Gasteiger partial charge in [-0.3, -0.25) is 0 Å². The van der Waals surface area contributed by atoms with E-state index < -0.39 is 26.6 Å². The van der Waals surface area contributed by atoms with Crippen LogP contribution in [0.2, 0.25) is 18.1 Å². The Hall–Kier alpha value is -1.19. The predicted octanol–water partition coefficient (Wildman–Crippen LogP) is 6.47. The van der Waals surface area contributed by atoms with Crippen molar-refractivity contribution in [3.05, 3.63) is 23.4 Å². The van der Waals surface area contributed by atoms with E-state index in [2.05, 4.69) is 79.2 Å². The number of fused-ring (bicyclic) bond motifs is 1. The number of ether oxygens (including phenoxy) is 1. The van der Waals surface area contributed by atoms with Gasteiger partial charge >= 0.3 is 7.12 Å². The summed E-state index contributed by atoms with van der Waals surface area (Å²) in [6, 6.07) is 2.31. The van der Waals surface area contributed by atoms with E-state index in [4.69, 9.17) is 23.6 Å². The Balaban J connectivity index is 1.53. The predicted molar refractivity (Wildman–Crippen MR) is 153 cm³/mol. The molecular formula is C29H47BN2O4Si. The molecule has 2 aliphatic heterocycles. The summed E-state index contributed by atoms with van der Waals surface area (Å²) in [5.74, 6) is 0.987. The number of hydrogen-bond acceptors (Lipinski definition) is 5. The van der Waals surface area contributed by atoms with E-state index in [9.17, 15) is 0 Å². The van der Waals surface area contributed by atoms with Crippen molar-refractivity contribution < 1.29 is 18.5 Å². The van der Waals surface area contributed by atoms with Crippen LogP contribution in [0.25, 0.3) is 10.9 Å². The minimum Gasteiger partial charge on any atom is -0.417 e. The maximum absolute atomic E-state index is 6.67. The number of nitrogens with zero attached hydrogens (tertiary/aromatic N) is 2. The number of hydrogen-bond donors (Lipinski definition) is 0. The van der Waals surface area contributed by atoms with E-state index in [1.807, 2.05) is 6.20 Å². The second kappa shape index (κ2) is 9.19. The summed E-state index contributed by atoms with van der Waals surface area (Å²) in [7, 11) is -2.21. The first-order valence-electron chi connectivity index (χ1n) is 14.2. The zero-order chi connectivity index (χ0) is 27.0. The zero-order valence-electron chi connectivity index (χ0n) is 24.7. The highest BCUT2D eigenvalue weighted by Gasteiger charge is 2.54. The van der Waals surface area contributed by atoms with Gasteiger partial charge in [0, 0.05) is 18.6 Å². The largest absolute Gasteiger partial charge is 0.495 e. The maximum Gasteiger partial charge on any atom is 0.495 e. The summed E-state index contributed by atoms with van der Waals surface area (Å²) in [4.78, 5) is 0. The van der Waals surface area contributed by atoms with Crippen molar-refractivity contribution in [3.63, 3.8) is 0 Å². The van der Waals surface area contributed by atoms with Crippen molar-refractivity contribution in [1.82, 2.24) is 9.78 Å². The standard InChI is InChI=1S/C29H47BN2O4Si/c1-19-15-23-22(17-31-32(23)24-13-11-12-14-33-24)26(30-35-28(5,6)29(7,8)36-30)25(19)21-16-20(21)18-34-37(9,10)27(2,3)4/h15,17,20-21,24H,11-14,16,18H2,1-10H3/t20-,21-,24?/m0/s1. The molecular weight excluding hydrogens is 479 g/mol. The average Bonchev–Trinajstić information content (AvgIpc) is 3.38. The molecule has 0 bridgehead atoms. The van der Waals surface area contributed by atoms with Crippen LogP contribution in [0.3, 0.4) is 0 Å². The molecule has 0 N–H and O–H groups in total. The second-order valence-electron chi connectivity index (χ2n) is 14.1. The lowest BCUT2D eigenvalue weighted by atomic mass is 9.71. The van der Waals surface area contributed by atoms with Gasteiger partial charge in [0.15, 0.2) is 14.5 Å². The van der Waals surface area contributed by atoms with Crippen molar-refractivity contribution in [2.45, 2.75) is 123 Å². The Kier molecular flexibility index (Phi) is 6.80. The van der Waals surface area contributed by atoms with Gasteiger partial charge in [-0.2, -0.15) is 5.10 Å². The Morgan fingerprint density at radius 1 is 1.14 bits per heavy atom. The molecule has 3 fully saturated rings. The third-order valence-corrected chi connectivity index (χ3v) is 14.4. The fraction of sp³-hybridized carbons (Fsp3) is 0.759. The van der Waals surface area contributed by atoms with Crippen LogP contribution < -0.4 is 5.46 Å². The van der Waals surface area contributed by atoms with Crippen LogP contribution in [0.5, 0.6) is 0 Å². The Bertz CT molecular complexity index is 1150. The van der Waals surface area contributed by atoms with Crippen LogP contribution in [0.15, 0.2) is 12.3 Å². The molecule has 2 aromatic rings. The average molecular weight is 527 g/mol. The Labute approximate surface area is 225 Å². The SMILES string of the molecule is Cc1cc2c(cnn2C2CCCCO2)c(B2OC(C)(C)C(C)(C)O2)c1[C@H]1C[C@H]1CO[Si](C)(C)C(C)(C)C. The van der Waals surface area contributed by atoms with E-state index >= 15 is 0 Å². The summed E-state index contributed by atoms with van der Waals surface area (Å²) in [6.45, 7) is 24.0. The van der Waals surface area contributed by atoms with E-state index in [-0.39, 0.29) is 11.3 Å². The van der Waals surface area contributed by atoms with Gasteiger partial charge in [0.2, 0.25) is 0 Å². The van der Waals surface area contributed by atoms with Crippen LogP contribution in [-0.4, -0.2) is 49.6 Å². The van der Waals surface area contributed by atoms with Crippen molar-refractivity contribution in [1.29, 1.82) is 0 Å². The molecule has 1 aromatic carbocycles. The van der Waals surface area contributed by atoms with Gasteiger partial charge in [0.05, 0.1) is 22.9 Å². The lowest BCUT2D eigenvalue weighted by molar-refractivity contribution is -0.0366. The molecule has 204 valence electrons. The van der Waals surface area contributed by atoms with Crippen molar-refractivity contribution in [3.8, 4) is 0 Å². The van der Waals surface area contributed by atoms with E-state index in [0.29, 0.717) is 11.8 Å². The number of aryl methyl sites for hydroxylation is 1. The summed E-state index contributed by atoms with van der Waals surface area (Å²) < 4.78 is 28.2. The lowest BCUT2D eigenvalue weighted by Crippen LogP contribution is -2.41. The minimum absolute atomic E-state index is 0.00527. The molecule has 2 saturated heterocycles. The molecule has 1 saturated carbocycles. The fourth-order valence-corrected chi connectivity index (χ4v) is 6.60. The van der Waals surface area contributed by atoms with Crippen molar-refractivity contribution in [2.24, 2.45) is 5.92 Å². The topological polar surface area (TPSA) is 54.7 Å². The Morgan fingerprint density at radius 2 is 1.81 bits per heavy atom. The van der Waals surface area contributed by atoms with Gasteiger partial charge in [-0.1, -0.05) is 20.8 Å². The van der Waals surface area contributed by atoms with E-state index in [0.717, 1.165) is 48.8 Å². The van der Waals surface area contributed by atoms with Gasteiger partial charge in [-0.05, 0) is 113 Å². The van der Waals surface area contributed by atoms with Gasteiger partial charge in [-0.25, -0.2) is 4.68 Å². The Morgan fingerprint density at radius 3 is 2.41 bits per heavy atom. The molecule has 1 aromatic heterocycles. The molecule has 0 radical (unpaired) electrons. The highest BCUT2D eigenvalue weighted by atomic mass is 28.4. The third kappa shape index (κ3) is 4.86. The van der Waals surface area contributed by atoms with Gasteiger partial charge in [0.25, 0.3) is 0 Å². The molecule has 0 amide bonds. The zero-order valence-corrected chi connectivity index (χ0v) is 25.7. The third-order valence-electron chi connectivity index (χ3n) is 9.87. The number of rotatable bonds is 6. The van der Waals surface area contributed by atoms with Crippen LogP contribution in [0.4, 0.5) is 0 Å². The highest BCUT2D eigenvalue weighted by molar-refractivity contribution is 6.74. The first kappa shape index (κ1) is 27.4. The first-order valence-corrected chi connectivity index (χ1v) is 17.2. The lowest BCUT2D eigenvalue weighted by Gasteiger charge is -2.36. The first-order chi connectivity index (χ1) is 17.1. The van der Waals surface area contributed by atoms with E-state index in [1.165, 1.54) is 17.5 Å². The maximum atomic E-state index is 6.67. The number of benzene rings is 1. The quantitative estimate of drug-likeness (QED) is 0.404. The van der Waals surface area contributed by atoms with Gasteiger partial charge in [-0.15, -0.1) is 0 Å². The summed E-state index contributed by atoms with van der Waals surface area (Å²) in [5.41, 5.74) is 4.14. The molecule has 1 unspecified atom stereocenters. The summed E-state index contributed by atoms with van der Waals surface area (Å²) in [6.07, 6.45) is 6.45. The van der Waals surface area contributed by atoms with Gasteiger partial charge < -0.3 is 18.5 Å². The molecule has 1 aliphatic carbocycles. The molecule has 8 heteroatoms. The number of aromatic nitrogens is 2. The molecule has 5 rings (SSSR count). The monoisotopic (exact) mass is 526 g/mol. The minimum atomic E-state index is -1.79. The van der Waals surface area contributed by atoms with Crippen LogP contribution in [0.1, 0.15) is 97.4 Å². The van der Waals surface area contributed by atoms with Crippen LogP contribution in [-0.2, 0) is 18.5 Å². The molecule has 37 heavy (non-hydrogen) atoms. The van der Waals surface area contributed by atoms with Crippen LogP contribution >= 0.6 is 0 Å². The molecule has 3 heterocycles. The molecule has 3 atom stereocenters. The van der Waals surface area contributed by atoms with Crippen LogP contribution in [0, 0.1) is 12.8 Å². The smallest absolute Gasteiger partial charge is 0.417 e. The van der Waals surface area contributed by atoms with Gasteiger partial charge in [0.1, 0.15) is 0 Å². The normalized spacial score (nSPS) is 27.7. The fourth-order valence-electron chi connectivity index (χ4n) is 5.53.